The lowest BCUT2D eigenvalue weighted by molar-refractivity contribution is 0.0704. The maximum Gasteiger partial charge on any atom is 0.276 e. The third-order valence-corrected chi connectivity index (χ3v) is 6.39. The smallest absolute Gasteiger partial charge is 0.276 e. The summed E-state index contributed by atoms with van der Waals surface area (Å²) in [5.41, 5.74) is 1.31. The second-order valence-electron chi connectivity index (χ2n) is 8.61. The fourth-order valence-corrected chi connectivity index (χ4v) is 4.41. The summed E-state index contributed by atoms with van der Waals surface area (Å²) < 4.78 is 2.99. The molecule has 0 bridgehead atoms. The van der Waals surface area contributed by atoms with Crippen LogP contribution in [0.1, 0.15) is 65.2 Å². The van der Waals surface area contributed by atoms with Crippen molar-refractivity contribution in [1.82, 2.24) is 44.5 Å². The normalized spacial score (nSPS) is 19.0. The fraction of sp³-hybridized carbons (Fsp3) is 0.429. The van der Waals surface area contributed by atoms with E-state index in [0.29, 0.717) is 35.8 Å². The first-order valence-corrected chi connectivity index (χ1v) is 10.9. The van der Waals surface area contributed by atoms with Crippen LogP contribution >= 0.6 is 0 Å². The van der Waals surface area contributed by atoms with Crippen LogP contribution in [0, 0.1) is 6.92 Å². The lowest BCUT2D eigenvalue weighted by Crippen LogP contribution is -2.39. The van der Waals surface area contributed by atoms with Gasteiger partial charge in [-0.15, -0.1) is 5.10 Å². The highest BCUT2D eigenvalue weighted by Crippen LogP contribution is 2.38. The third kappa shape index (κ3) is 3.12. The van der Waals surface area contributed by atoms with E-state index in [1.165, 1.54) is 22.0 Å². The quantitative estimate of drug-likeness (QED) is 0.502. The zero-order valence-electron chi connectivity index (χ0n) is 17.7. The van der Waals surface area contributed by atoms with Crippen molar-refractivity contribution in [3.8, 4) is 5.95 Å². The molecule has 11 nitrogen and oxygen atoms in total. The number of aromatic nitrogens is 8. The second-order valence-corrected chi connectivity index (χ2v) is 8.61. The second kappa shape index (κ2) is 7.14. The Kier molecular flexibility index (Phi) is 4.23. The summed E-state index contributed by atoms with van der Waals surface area (Å²) in [4.78, 5) is 34.9. The van der Waals surface area contributed by atoms with Gasteiger partial charge in [-0.3, -0.25) is 19.7 Å². The van der Waals surface area contributed by atoms with Gasteiger partial charge in [0, 0.05) is 31.1 Å². The highest BCUT2D eigenvalue weighted by atomic mass is 16.2. The van der Waals surface area contributed by atoms with Crippen LogP contribution in [-0.2, 0) is 0 Å². The highest BCUT2D eigenvalue weighted by molar-refractivity contribution is 5.95. The van der Waals surface area contributed by atoms with Crippen LogP contribution in [0.5, 0.6) is 0 Å². The molecule has 4 aromatic rings. The zero-order valence-corrected chi connectivity index (χ0v) is 17.7. The van der Waals surface area contributed by atoms with E-state index in [9.17, 15) is 9.59 Å². The zero-order chi connectivity index (χ0) is 21.8. The maximum absolute atomic E-state index is 13.3. The number of fused-ring (bicyclic) bond motifs is 1. The van der Waals surface area contributed by atoms with Crippen molar-refractivity contribution >= 4 is 11.4 Å². The van der Waals surface area contributed by atoms with Crippen molar-refractivity contribution in [2.75, 3.05) is 13.1 Å². The van der Waals surface area contributed by atoms with Gasteiger partial charge in [0.05, 0.1) is 17.5 Å². The van der Waals surface area contributed by atoms with Gasteiger partial charge in [-0.1, -0.05) is 0 Å². The van der Waals surface area contributed by atoms with Gasteiger partial charge in [-0.05, 0) is 44.7 Å². The lowest BCUT2D eigenvalue weighted by Gasteiger charge is -2.31. The number of carbonyl (C=O) groups excluding carboxylic acids is 1. The van der Waals surface area contributed by atoms with Crippen LogP contribution in [-0.4, -0.2) is 63.5 Å². The molecule has 1 unspecified atom stereocenters. The molecule has 11 heteroatoms. The van der Waals surface area contributed by atoms with Crippen LogP contribution < -0.4 is 5.56 Å². The van der Waals surface area contributed by atoms with Crippen molar-refractivity contribution in [3.63, 3.8) is 0 Å². The maximum atomic E-state index is 13.3. The SMILES string of the molecule is Cc1c(C(=O)N2CCCC(c3n[nH]c(C4CC4)n3)C2)cnn1-c1nn2cccc2c(=O)[nH]1. The number of H-pyrrole nitrogens is 2. The summed E-state index contributed by atoms with van der Waals surface area (Å²) >= 11 is 0. The Morgan fingerprint density at radius 2 is 2.09 bits per heavy atom. The van der Waals surface area contributed by atoms with Crippen molar-refractivity contribution in [2.24, 2.45) is 0 Å². The standard InChI is InChI=1S/C21H23N9O2/c1-12-15(10-22-30(12)21-24-19(31)16-5-3-9-29(16)27-21)20(32)28-8-2-4-14(11-28)18-23-17(25-26-18)13-6-7-13/h3,5,9-10,13-14H,2,4,6-8,11H2,1H3,(H,23,25,26)(H,24,27,31). The minimum atomic E-state index is -0.265. The number of amides is 1. The van der Waals surface area contributed by atoms with Crippen molar-refractivity contribution < 1.29 is 4.79 Å². The van der Waals surface area contributed by atoms with E-state index in [2.05, 4.69) is 30.4 Å². The minimum Gasteiger partial charge on any atom is -0.338 e. The molecular weight excluding hydrogens is 410 g/mol. The van der Waals surface area contributed by atoms with Gasteiger partial charge in [-0.25, -0.2) is 14.2 Å². The molecule has 6 rings (SSSR count). The Bertz CT molecular complexity index is 1370. The predicted molar refractivity (Wildman–Crippen MR) is 114 cm³/mol. The van der Waals surface area contributed by atoms with Crippen molar-refractivity contribution in [3.05, 3.63) is 57.8 Å². The average Bonchev–Trinajstić information content (AvgIpc) is 3.19. The van der Waals surface area contributed by atoms with E-state index in [4.69, 9.17) is 0 Å². The summed E-state index contributed by atoms with van der Waals surface area (Å²) in [7, 11) is 0. The molecule has 0 spiro atoms. The fourth-order valence-electron chi connectivity index (χ4n) is 4.41. The first-order chi connectivity index (χ1) is 15.6. The summed E-state index contributed by atoms with van der Waals surface area (Å²) in [6.07, 6.45) is 7.45. The number of nitrogens with one attached hydrogen (secondary N) is 2. The number of carbonyl (C=O) groups is 1. The number of piperidine rings is 1. The molecule has 4 aromatic heterocycles. The Hall–Kier alpha value is -3.76. The molecule has 2 N–H and O–H groups in total. The molecule has 2 fully saturated rings. The molecule has 0 radical (unpaired) electrons. The van der Waals surface area contributed by atoms with Gasteiger partial charge in [0.15, 0.2) is 5.82 Å². The number of hydrogen-bond donors (Lipinski definition) is 2. The molecule has 32 heavy (non-hydrogen) atoms. The Morgan fingerprint density at radius 1 is 1.22 bits per heavy atom. The molecule has 0 aromatic carbocycles. The van der Waals surface area contributed by atoms with Crippen molar-refractivity contribution in [1.29, 1.82) is 0 Å². The number of nitrogens with zero attached hydrogens (tertiary/aromatic N) is 7. The van der Waals surface area contributed by atoms with Gasteiger partial charge in [0.25, 0.3) is 11.5 Å². The van der Waals surface area contributed by atoms with E-state index >= 15 is 0 Å². The number of aromatic amines is 2. The van der Waals surface area contributed by atoms with Gasteiger partial charge >= 0.3 is 0 Å². The van der Waals surface area contributed by atoms with Crippen LogP contribution in [0.15, 0.2) is 29.3 Å². The summed E-state index contributed by atoms with van der Waals surface area (Å²) in [5, 5.41) is 16.2. The van der Waals surface area contributed by atoms with Gasteiger partial charge in [-0.2, -0.15) is 10.2 Å². The van der Waals surface area contributed by atoms with Crippen molar-refractivity contribution in [2.45, 2.75) is 44.4 Å². The van der Waals surface area contributed by atoms with Gasteiger partial charge in [0.1, 0.15) is 11.3 Å². The first-order valence-electron chi connectivity index (χ1n) is 10.9. The highest BCUT2D eigenvalue weighted by Gasteiger charge is 2.32. The molecule has 1 saturated heterocycles. The van der Waals surface area contributed by atoms with E-state index < -0.39 is 0 Å². The van der Waals surface area contributed by atoms with E-state index in [0.717, 1.165) is 24.5 Å². The number of hydrogen-bond acceptors (Lipinski definition) is 6. The average molecular weight is 433 g/mol. The Labute approximate surface area is 182 Å². The van der Waals surface area contributed by atoms with Crippen LogP contribution in [0.25, 0.3) is 11.5 Å². The molecule has 1 amide bonds. The Balaban J connectivity index is 1.25. The Morgan fingerprint density at radius 3 is 2.94 bits per heavy atom. The largest absolute Gasteiger partial charge is 0.338 e. The van der Waals surface area contributed by atoms with E-state index in [1.807, 2.05) is 4.90 Å². The predicted octanol–water partition coefficient (Wildman–Crippen LogP) is 1.53. The number of likely N-dealkylation sites (tertiary alicyclic amines) is 1. The summed E-state index contributed by atoms with van der Waals surface area (Å²) in [6, 6.07) is 3.44. The lowest BCUT2D eigenvalue weighted by atomic mass is 9.97. The monoisotopic (exact) mass is 433 g/mol. The third-order valence-electron chi connectivity index (χ3n) is 6.39. The molecule has 164 valence electrons. The van der Waals surface area contributed by atoms with Gasteiger partial charge in [0.2, 0.25) is 5.95 Å². The summed E-state index contributed by atoms with van der Waals surface area (Å²) in [6.45, 7) is 3.07. The molecule has 1 saturated carbocycles. The molecule has 5 heterocycles. The van der Waals surface area contributed by atoms with E-state index in [-0.39, 0.29) is 23.3 Å². The molecule has 2 aliphatic rings. The van der Waals surface area contributed by atoms with Gasteiger partial charge < -0.3 is 4.90 Å². The molecular formula is C21H23N9O2. The first kappa shape index (κ1) is 19.0. The van der Waals surface area contributed by atoms with Crippen LogP contribution in [0.4, 0.5) is 0 Å². The minimum absolute atomic E-state index is 0.0826. The molecule has 1 aliphatic heterocycles. The molecule has 1 aliphatic carbocycles. The van der Waals surface area contributed by atoms with Crippen LogP contribution in [0.3, 0.4) is 0 Å². The van der Waals surface area contributed by atoms with E-state index in [1.54, 1.807) is 31.5 Å². The van der Waals surface area contributed by atoms with Crippen LogP contribution in [0.2, 0.25) is 0 Å². The topological polar surface area (TPSA) is 130 Å². The number of rotatable bonds is 4. The molecule has 1 atom stereocenters. The summed E-state index contributed by atoms with van der Waals surface area (Å²) in [5.74, 6) is 2.61.